The Morgan fingerprint density at radius 2 is 1.96 bits per heavy atom. The van der Waals surface area contributed by atoms with Gasteiger partial charge in [-0.1, -0.05) is 20.3 Å². The molecule has 8 nitrogen and oxygen atoms in total. The summed E-state index contributed by atoms with van der Waals surface area (Å²) in [5.41, 5.74) is 11.3. The third kappa shape index (κ3) is 6.62. The minimum atomic E-state index is -1.00. The van der Waals surface area contributed by atoms with Crippen LogP contribution in [0.5, 0.6) is 0 Å². The van der Waals surface area contributed by atoms with E-state index in [1.54, 1.807) is 0 Å². The molecule has 1 aliphatic heterocycles. The Balaban J connectivity index is 2.74. The number of unbranched alkanes of at least 4 members (excludes halogenated alkanes) is 1. The molecule has 0 unspecified atom stereocenters. The van der Waals surface area contributed by atoms with Crippen molar-refractivity contribution in [2.24, 2.45) is 17.4 Å². The van der Waals surface area contributed by atoms with E-state index in [0.717, 1.165) is 12.8 Å². The number of carboxylic acid groups (broad SMARTS) is 1. The number of likely N-dealkylation sites (tertiary alicyclic amines) is 1. The number of nitrogens with one attached hydrogen (secondary N) is 1. The minimum absolute atomic E-state index is 0.175. The molecule has 0 radical (unpaired) electrons. The predicted octanol–water partition coefficient (Wildman–Crippen LogP) is 0.0492. The Labute approximate surface area is 149 Å². The average Bonchev–Trinajstić information content (AvgIpc) is 3.02. The highest BCUT2D eigenvalue weighted by molar-refractivity contribution is 5.92. The molecule has 0 bridgehead atoms. The molecule has 0 aromatic heterocycles. The maximum atomic E-state index is 12.8. The van der Waals surface area contributed by atoms with Crippen molar-refractivity contribution in [3.63, 3.8) is 0 Å². The zero-order valence-electron chi connectivity index (χ0n) is 15.2. The fraction of sp³-hybridized carbons (Fsp3) is 0.824. The topological polar surface area (TPSA) is 139 Å². The van der Waals surface area contributed by atoms with Crippen molar-refractivity contribution in [3.8, 4) is 0 Å². The number of aliphatic carboxylic acids is 1. The maximum Gasteiger partial charge on any atom is 0.326 e. The SMILES string of the molecule is CC(C)C[C@H](NC(=O)[C@@H](N)CCCCN)C(=O)N1CCC[C@@H]1C(=O)O. The van der Waals surface area contributed by atoms with E-state index >= 15 is 0 Å². The van der Waals surface area contributed by atoms with Gasteiger partial charge in [-0.2, -0.15) is 0 Å². The van der Waals surface area contributed by atoms with Crippen molar-refractivity contribution in [2.75, 3.05) is 13.1 Å². The van der Waals surface area contributed by atoms with Gasteiger partial charge in [-0.3, -0.25) is 9.59 Å². The van der Waals surface area contributed by atoms with Crippen LogP contribution < -0.4 is 16.8 Å². The van der Waals surface area contributed by atoms with E-state index < -0.39 is 24.1 Å². The summed E-state index contributed by atoms with van der Waals surface area (Å²) in [6.45, 7) is 4.86. The summed E-state index contributed by atoms with van der Waals surface area (Å²) < 4.78 is 0. The van der Waals surface area contributed by atoms with Crippen LogP contribution in [0.15, 0.2) is 0 Å². The van der Waals surface area contributed by atoms with Crippen molar-refractivity contribution < 1.29 is 19.5 Å². The van der Waals surface area contributed by atoms with Crippen LogP contribution >= 0.6 is 0 Å². The Morgan fingerprint density at radius 3 is 2.52 bits per heavy atom. The van der Waals surface area contributed by atoms with E-state index in [9.17, 15) is 19.5 Å². The van der Waals surface area contributed by atoms with Crippen LogP contribution in [0.4, 0.5) is 0 Å². The standard InChI is InChI=1S/C17H32N4O4/c1-11(2)10-13(20-15(22)12(19)6-3-4-8-18)16(23)21-9-5-7-14(21)17(24)25/h11-14H,3-10,18-19H2,1-2H3,(H,20,22)(H,24,25)/t12-,13-,14+/m0/s1. The van der Waals surface area contributed by atoms with Crippen LogP contribution in [0.1, 0.15) is 52.4 Å². The fourth-order valence-corrected chi connectivity index (χ4v) is 3.10. The molecule has 3 atom stereocenters. The lowest BCUT2D eigenvalue weighted by Gasteiger charge is -2.29. The van der Waals surface area contributed by atoms with Crippen molar-refractivity contribution >= 4 is 17.8 Å². The van der Waals surface area contributed by atoms with Crippen LogP contribution in [-0.2, 0) is 14.4 Å². The zero-order chi connectivity index (χ0) is 19.0. The van der Waals surface area contributed by atoms with Gasteiger partial charge < -0.3 is 26.8 Å². The first kappa shape index (κ1) is 21.4. The number of nitrogens with two attached hydrogens (primary N) is 2. The Bertz CT molecular complexity index is 470. The first-order valence-electron chi connectivity index (χ1n) is 9.07. The molecule has 1 saturated heterocycles. The number of carbonyl (C=O) groups is 3. The van der Waals surface area contributed by atoms with Crippen molar-refractivity contribution in [3.05, 3.63) is 0 Å². The molecule has 0 aromatic carbocycles. The molecule has 1 rings (SSSR count). The molecular weight excluding hydrogens is 324 g/mol. The summed E-state index contributed by atoms with van der Waals surface area (Å²) in [4.78, 5) is 37.8. The van der Waals surface area contributed by atoms with Gasteiger partial charge in [0.05, 0.1) is 6.04 Å². The minimum Gasteiger partial charge on any atom is -0.480 e. The monoisotopic (exact) mass is 356 g/mol. The maximum absolute atomic E-state index is 12.8. The molecular formula is C17H32N4O4. The Morgan fingerprint density at radius 1 is 1.28 bits per heavy atom. The molecule has 2 amide bonds. The highest BCUT2D eigenvalue weighted by Gasteiger charge is 2.38. The van der Waals surface area contributed by atoms with Gasteiger partial charge >= 0.3 is 5.97 Å². The summed E-state index contributed by atoms with van der Waals surface area (Å²) in [5, 5.41) is 12.0. The summed E-state index contributed by atoms with van der Waals surface area (Å²) >= 11 is 0. The van der Waals surface area contributed by atoms with Crippen LogP contribution in [0.25, 0.3) is 0 Å². The van der Waals surface area contributed by atoms with Crippen molar-refractivity contribution in [1.29, 1.82) is 0 Å². The number of carbonyl (C=O) groups excluding carboxylic acids is 2. The average molecular weight is 356 g/mol. The first-order chi connectivity index (χ1) is 11.8. The Hall–Kier alpha value is -1.67. The molecule has 0 aliphatic carbocycles. The second-order valence-corrected chi connectivity index (χ2v) is 7.11. The van der Waals surface area contributed by atoms with E-state index in [-0.39, 0.29) is 17.7 Å². The van der Waals surface area contributed by atoms with Gasteiger partial charge in [-0.25, -0.2) is 4.79 Å². The predicted molar refractivity (Wildman–Crippen MR) is 94.6 cm³/mol. The second kappa shape index (κ2) is 10.4. The molecule has 1 aliphatic rings. The van der Waals surface area contributed by atoms with E-state index in [0.29, 0.717) is 38.8 Å². The number of amides is 2. The van der Waals surface area contributed by atoms with Gasteiger partial charge in [-0.05, 0) is 44.6 Å². The number of nitrogens with zero attached hydrogens (tertiary/aromatic N) is 1. The van der Waals surface area contributed by atoms with Gasteiger partial charge in [0.1, 0.15) is 12.1 Å². The molecule has 25 heavy (non-hydrogen) atoms. The van der Waals surface area contributed by atoms with Crippen LogP contribution in [0.3, 0.4) is 0 Å². The van der Waals surface area contributed by atoms with Gasteiger partial charge in [0.2, 0.25) is 11.8 Å². The van der Waals surface area contributed by atoms with Crippen LogP contribution in [-0.4, -0.2) is 59.0 Å². The molecule has 0 saturated carbocycles. The smallest absolute Gasteiger partial charge is 0.326 e. The van der Waals surface area contributed by atoms with Gasteiger partial charge in [0.25, 0.3) is 0 Å². The normalized spacial score (nSPS) is 19.7. The quantitative estimate of drug-likeness (QED) is 0.408. The lowest BCUT2D eigenvalue weighted by Crippen LogP contribution is -2.54. The number of carboxylic acids is 1. The Kier molecular flexibility index (Phi) is 8.85. The van der Waals surface area contributed by atoms with E-state index in [4.69, 9.17) is 11.5 Å². The number of hydrogen-bond acceptors (Lipinski definition) is 5. The van der Waals surface area contributed by atoms with Gasteiger partial charge in [0.15, 0.2) is 0 Å². The van der Waals surface area contributed by atoms with Crippen molar-refractivity contribution in [1.82, 2.24) is 10.2 Å². The summed E-state index contributed by atoms with van der Waals surface area (Å²) in [5.74, 6) is -1.53. The fourth-order valence-electron chi connectivity index (χ4n) is 3.10. The summed E-state index contributed by atoms with van der Waals surface area (Å²) in [6, 6.07) is -2.24. The van der Waals surface area contributed by atoms with E-state index in [1.807, 2.05) is 13.8 Å². The third-order valence-electron chi connectivity index (χ3n) is 4.45. The largest absolute Gasteiger partial charge is 0.480 e. The molecule has 6 N–H and O–H groups in total. The van der Waals surface area contributed by atoms with Crippen LogP contribution in [0.2, 0.25) is 0 Å². The molecule has 0 spiro atoms. The highest BCUT2D eigenvalue weighted by atomic mass is 16.4. The second-order valence-electron chi connectivity index (χ2n) is 7.11. The molecule has 1 fully saturated rings. The molecule has 8 heteroatoms. The lowest BCUT2D eigenvalue weighted by molar-refractivity contribution is -0.149. The molecule has 0 aromatic rings. The van der Waals surface area contributed by atoms with E-state index in [1.165, 1.54) is 4.90 Å². The van der Waals surface area contributed by atoms with Gasteiger partial charge in [0, 0.05) is 6.54 Å². The van der Waals surface area contributed by atoms with Gasteiger partial charge in [-0.15, -0.1) is 0 Å². The molecule has 1 heterocycles. The first-order valence-corrected chi connectivity index (χ1v) is 9.07. The zero-order valence-corrected chi connectivity index (χ0v) is 15.2. The number of rotatable bonds is 10. The molecule has 144 valence electrons. The lowest BCUT2D eigenvalue weighted by atomic mass is 10.0. The summed E-state index contributed by atoms with van der Waals surface area (Å²) in [6.07, 6.45) is 3.60. The van der Waals surface area contributed by atoms with Crippen LogP contribution in [0, 0.1) is 5.92 Å². The highest BCUT2D eigenvalue weighted by Crippen LogP contribution is 2.20. The van der Waals surface area contributed by atoms with Crippen molar-refractivity contribution in [2.45, 2.75) is 70.5 Å². The third-order valence-corrected chi connectivity index (χ3v) is 4.45. The van der Waals surface area contributed by atoms with E-state index in [2.05, 4.69) is 5.32 Å². The summed E-state index contributed by atoms with van der Waals surface area (Å²) in [7, 11) is 0. The number of hydrogen-bond donors (Lipinski definition) is 4.